The van der Waals surface area contributed by atoms with Crippen LogP contribution in [0.5, 0.6) is 0 Å². The van der Waals surface area contributed by atoms with E-state index in [1.165, 1.54) is 32.3 Å². The van der Waals surface area contributed by atoms with Crippen molar-refractivity contribution in [3.63, 3.8) is 0 Å². The lowest BCUT2D eigenvalue weighted by atomic mass is 9.91. The van der Waals surface area contributed by atoms with Crippen LogP contribution in [0, 0.1) is 0 Å². The van der Waals surface area contributed by atoms with E-state index in [4.69, 9.17) is 23.2 Å². The molecule has 0 atom stereocenters. The average Bonchev–Trinajstić information content (AvgIpc) is 1.59. The van der Waals surface area contributed by atoms with Gasteiger partial charge in [0.15, 0.2) is 5.82 Å². The van der Waals surface area contributed by atoms with E-state index < -0.39 is 0 Å². The number of aromatic nitrogens is 5. The summed E-state index contributed by atoms with van der Waals surface area (Å²) >= 11 is 0. The van der Waals surface area contributed by atoms with Gasteiger partial charge in [-0.1, -0.05) is 194 Å². The third kappa shape index (κ3) is 9.20. The Morgan fingerprint density at radius 2 is 0.573 bits per heavy atom. The minimum absolute atomic E-state index is 0.656. The molecule has 0 spiro atoms. The van der Waals surface area contributed by atoms with Gasteiger partial charge in [0, 0.05) is 104 Å². The van der Waals surface area contributed by atoms with E-state index in [2.05, 4.69) is 335 Å². The number of nitrogens with zero attached hydrogens (tertiary/aromatic N) is 5. The lowest BCUT2D eigenvalue weighted by Gasteiger charge is -2.17. The van der Waals surface area contributed by atoms with Crippen LogP contribution in [0.25, 0.3) is 237 Å². The van der Waals surface area contributed by atoms with Crippen LogP contribution in [0.15, 0.2) is 371 Å². The molecule has 0 aliphatic carbocycles. The van der Waals surface area contributed by atoms with Crippen LogP contribution in [0.4, 0.5) is 0 Å². The highest BCUT2D eigenvalue weighted by molar-refractivity contribution is 6.16. The lowest BCUT2D eigenvalue weighted by molar-refractivity contribution is 0.668. The number of fused-ring (bicyclic) bond motifs is 20. The molecule has 0 N–H and O–H groups in total. The molecule has 0 saturated carbocycles. The summed E-state index contributed by atoms with van der Waals surface area (Å²) in [6, 6.07) is 127. The first kappa shape index (κ1) is 60.4. The van der Waals surface area contributed by atoms with Crippen molar-refractivity contribution in [2.24, 2.45) is 0 Å². The van der Waals surface area contributed by atoms with Crippen LogP contribution in [-0.4, -0.2) is 23.7 Å². The molecule has 110 heavy (non-hydrogen) atoms. The first-order valence-electron chi connectivity index (χ1n) is 37.4. The van der Waals surface area contributed by atoms with E-state index in [1.807, 2.05) is 36.4 Å². The van der Waals surface area contributed by atoms with Gasteiger partial charge in [-0.25, -0.2) is 9.97 Å². The highest BCUT2D eigenvalue weighted by atomic mass is 16.3. The van der Waals surface area contributed by atoms with E-state index in [-0.39, 0.29) is 0 Å². The normalized spacial score (nSPS) is 12.2. The minimum Gasteiger partial charge on any atom is -0.456 e. The van der Waals surface area contributed by atoms with E-state index in [0.717, 1.165) is 199 Å². The van der Waals surface area contributed by atoms with E-state index in [1.54, 1.807) is 0 Å². The Labute approximate surface area is 628 Å². The summed E-state index contributed by atoms with van der Waals surface area (Å²) < 4.78 is 26.0. The largest absolute Gasteiger partial charge is 0.456 e. The Bertz CT molecular complexity index is 8070. The molecule has 0 radical (unpaired) electrons. The molecule has 7 heterocycles. The van der Waals surface area contributed by atoms with Crippen molar-refractivity contribution in [3.8, 4) is 84.1 Å². The number of rotatable bonds is 9. The molecular weight excluding hydrogens is 1340 g/mol. The minimum atomic E-state index is 0.656. The number of furan rings is 3. The van der Waals surface area contributed by atoms with Gasteiger partial charge in [0.1, 0.15) is 33.5 Å². The van der Waals surface area contributed by atoms with Crippen molar-refractivity contribution in [2.75, 3.05) is 0 Å². The Morgan fingerprint density at radius 3 is 1.05 bits per heavy atom. The SMILES string of the molecule is c1cc(-c2ccc3nc(-c4ccc5cc(-n6c7ccccc7c7cc(-c8ccc9oc%10ccccc%10c9c8)ccc76)ccc5c4)ncc3c2-c2cccc(-n3c4ccccc4c4cc(-c5ccc6oc7ccccc7c6c5)ccc43)c2)cc(-n2c3ccccc3c3cc(-c4ccc5oc6ccccc6c5c4)ccc32)c1. The second-order valence-corrected chi connectivity index (χ2v) is 29.1. The maximum atomic E-state index is 6.27. The summed E-state index contributed by atoms with van der Waals surface area (Å²) in [5, 5.41) is 17.0. The molecule has 8 heteroatoms. The molecule has 17 aromatic carbocycles. The Balaban J connectivity index is 0.627. The van der Waals surface area contributed by atoms with E-state index in [9.17, 15) is 0 Å². The van der Waals surface area contributed by atoms with Crippen LogP contribution in [0.3, 0.4) is 0 Å². The average molecular weight is 1400 g/mol. The third-order valence-corrected chi connectivity index (χ3v) is 23.1. The zero-order chi connectivity index (χ0) is 71.8. The maximum Gasteiger partial charge on any atom is 0.159 e. The summed E-state index contributed by atoms with van der Waals surface area (Å²) in [7, 11) is 0. The quantitative estimate of drug-likeness (QED) is 0.144. The molecule has 0 unspecified atom stereocenters. The van der Waals surface area contributed by atoms with Gasteiger partial charge in [-0.3, -0.25) is 0 Å². The second kappa shape index (κ2) is 23.3. The number of para-hydroxylation sites is 6. The second-order valence-electron chi connectivity index (χ2n) is 29.1. The fourth-order valence-corrected chi connectivity index (χ4v) is 17.9. The van der Waals surface area contributed by atoms with Crippen LogP contribution < -0.4 is 0 Å². The molecule has 510 valence electrons. The van der Waals surface area contributed by atoms with Crippen molar-refractivity contribution < 1.29 is 13.3 Å². The third-order valence-electron chi connectivity index (χ3n) is 23.1. The fraction of sp³-hybridized carbons (Fsp3) is 0. The van der Waals surface area contributed by atoms with Gasteiger partial charge in [-0.2, -0.15) is 0 Å². The Hall–Kier alpha value is -14.9. The lowest BCUT2D eigenvalue weighted by Crippen LogP contribution is -1.98. The summed E-state index contributed by atoms with van der Waals surface area (Å²) in [4.78, 5) is 10.9. The molecule has 0 saturated heterocycles. The molecule has 7 aromatic heterocycles. The smallest absolute Gasteiger partial charge is 0.159 e. The standard InChI is InChI=1S/C102H59N5O3/c1-7-25-89-75(19-1)81-53-62(65-37-46-98-84(56-65)78-22-4-10-28-95(78)108-98)34-43-92(81)105(89)71-17-13-15-68(51-71)74-41-42-88-87(101(74)69-16-14-18-72(52-69)106-90-26-8-2-20-76(90)82-54-63(35-44-93(82)106)66-38-47-99-85(57-66)79-23-5-11-29-96(79)109-99)59-103-102(104-88)70-32-31-61-50-73(40-33-60(61)49-70)107-91-27-9-3-21-77(91)83-55-64(36-45-94(83)107)67-39-48-100-86(58-67)80-24-6-12-30-97(80)110-100/h1-59H. The van der Waals surface area contributed by atoms with Crippen molar-refractivity contribution in [2.45, 2.75) is 0 Å². The molecule has 24 rings (SSSR count). The van der Waals surface area contributed by atoms with Crippen molar-refractivity contribution >= 4 is 153 Å². The summed E-state index contributed by atoms with van der Waals surface area (Å²) in [5.41, 5.74) is 28.3. The van der Waals surface area contributed by atoms with E-state index >= 15 is 0 Å². The predicted octanol–water partition coefficient (Wildman–Crippen LogP) is 27.8. The molecule has 0 amide bonds. The summed E-state index contributed by atoms with van der Waals surface area (Å²) in [6.45, 7) is 0. The van der Waals surface area contributed by atoms with Crippen molar-refractivity contribution in [1.82, 2.24) is 23.7 Å². The molecule has 0 fully saturated rings. The first-order valence-corrected chi connectivity index (χ1v) is 37.4. The van der Waals surface area contributed by atoms with Crippen LogP contribution >= 0.6 is 0 Å². The monoisotopic (exact) mass is 1400 g/mol. The van der Waals surface area contributed by atoms with Gasteiger partial charge < -0.3 is 27.0 Å². The highest BCUT2D eigenvalue weighted by Gasteiger charge is 2.23. The fourth-order valence-electron chi connectivity index (χ4n) is 17.9. The van der Waals surface area contributed by atoms with Crippen molar-refractivity contribution in [3.05, 3.63) is 358 Å². The summed E-state index contributed by atoms with van der Waals surface area (Å²) in [6.07, 6.45) is 2.05. The van der Waals surface area contributed by atoms with Crippen LogP contribution in [-0.2, 0) is 0 Å². The number of hydrogen-bond donors (Lipinski definition) is 0. The zero-order valence-electron chi connectivity index (χ0n) is 59.0. The van der Waals surface area contributed by atoms with Gasteiger partial charge in [-0.15, -0.1) is 0 Å². The predicted molar refractivity (Wildman–Crippen MR) is 455 cm³/mol. The van der Waals surface area contributed by atoms with Gasteiger partial charge in [0.25, 0.3) is 0 Å². The Morgan fingerprint density at radius 1 is 0.209 bits per heavy atom. The van der Waals surface area contributed by atoms with Crippen LogP contribution in [0.1, 0.15) is 0 Å². The molecule has 0 aliphatic heterocycles. The molecule has 24 aromatic rings. The Kier molecular flexibility index (Phi) is 12.8. The van der Waals surface area contributed by atoms with Crippen LogP contribution in [0.2, 0.25) is 0 Å². The first-order chi connectivity index (χ1) is 54.5. The van der Waals surface area contributed by atoms with Gasteiger partial charge in [0.2, 0.25) is 0 Å². The molecule has 0 aliphatic rings. The maximum absolute atomic E-state index is 6.27. The van der Waals surface area contributed by atoms with Gasteiger partial charge in [0.05, 0.1) is 38.6 Å². The number of hydrogen-bond acceptors (Lipinski definition) is 5. The van der Waals surface area contributed by atoms with E-state index in [0.29, 0.717) is 5.82 Å². The van der Waals surface area contributed by atoms with Gasteiger partial charge >= 0.3 is 0 Å². The molecular formula is C102H59N5O3. The van der Waals surface area contributed by atoms with Gasteiger partial charge in [-0.05, 0) is 219 Å². The zero-order valence-corrected chi connectivity index (χ0v) is 59.0. The highest BCUT2D eigenvalue weighted by Crippen LogP contribution is 2.46. The number of benzene rings is 17. The van der Waals surface area contributed by atoms with Crippen molar-refractivity contribution in [1.29, 1.82) is 0 Å². The summed E-state index contributed by atoms with van der Waals surface area (Å²) in [5.74, 6) is 0.656. The molecule has 0 bridgehead atoms. The molecule has 8 nitrogen and oxygen atoms in total. The topological polar surface area (TPSA) is 80.0 Å².